The van der Waals surface area contributed by atoms with E-state index in [9.17, 15) is 0 Å². The van der Waals surface area contributed by atoms with Crippen LogP contribution in [-0.2, 0) is 31.9 Å². The molecule has 5 nitrogen and oxygen atoms in total. The molecular formula is C58H49N4OPt-3. The minimum atomic E-state index is -0.0259. The molecule has 11 rings (SSSR count). The quantitative estimate of drug-likeness (QED) is 0.149. The number of nitrogens with zero attached hydrogens (tertiary/aromatic N) is 4. The molecule has 0 amide bonds. The molecule has 2 atom stereocenters. The van der Waals surface area contributed by atoms with Crippen molar-refractivity contribution in [3.63, 3.8) is 0 Å². The molecule has 3 aliphatic rings. The average molecular weight is 1010 g/mol. The molecule has 64 heavy (non-hydrogen) atoms. The van der Waals surface area contributed by atoms with Crippen LogP contribution in [0.2, 0.25) is 0 Å². The van der Waals surface area contributed by atoms with Gasteiger partial charge >= 0.3 is 0 Å². The van der Waals surface area contributed by atoms with Crippen LogP contribution in [-0.4, -0.2) is 4.98 Å². The van der Waals surface area contributed by atoms with Gasteiger partial charge < -0.3 is 19.4 Å². The smallest absolute Gasteiger partial charge is 0.129 e. The predicted molar refractivity (Wildman–Crippen MR) is 257 cm³/mol. The topological polar surface area (TPSA) is 31.8 Å². The Morgan fingerprint density at radius 2 is 1.16 bits per heavy atom. The Morgan fingerprint density at radius 3 is 1.83 bits per heavy atom. The van der Waals surface area contributed by atoms with Crippen molar-refractivity contribution in [2.24, 2.45) is 0 Å². The van der Waals surface area contributed by atoms with Crippen LogP contribution in [0.4, 0.5) is 28.6 Å². The summed E-state index contributed by atoms with van der Waals surface area (Å²) in [7, 11) is 0. The van der Waals surface area contributed by atoms with Crippen molar-refractivity contribution in [1.29, 1.82) is 0 Å². The summed E-state index contributed by atoms with van der Waals surface area (Å²) in [4.78, 5) is 11.8. The molecule has 0 N–H and O–H groups in total. The monoisotopic (exact) mass is 1010 g/mol. The first-order valence-corrected chi connectivity index (χ1v) is 21.9. The van der Waals surface area contributed by atoms with E-state index in [0.717, 1.165) is 39.7 Å². The van der Waals surface area contributed by atoms with Crippen molar-refractivity contribution < 1.29 is 25.8 Å². The van der Waals surface area contributed by atoms with Crippen LogP contribution in [0, 0.1) is 18.8 Å². The summed E-state index contributed by atoms with van der Waals surface area (Å²) in [5.74, 6) is 2.25. The Labute approximate surface area is 392 Å². The second kappa shape index (κ2) is 16.0. The number of rotatable bonds is 7. The van der Waals surface area contributed by atoms with E-state index >= 15 is 0 Å². The van der Waals surface area contributed by atoms with Gasteiger partial charge in [-0.3, -0.25) is 0 Å². The number of hydrogen-bond donors (Lipinski definition) is 0. The van der Waals surface area contributed by atoms with Gasteiger partial charge in [0, 0.05) is 73.0 Å². The third-order valence-electron chi connectivity index (χ3n) is 12.8. The Balaban J connectivity index is 0.00000484. The van der Waals surface area contributed by atoms with E-state index in [-0.39, 0.29) is 44.0 Å². The number of pyridine rings is 1. The van der Waals surface area contributed by atoms with Gasteiger partial charge in [0.15, 0.2) is 0 Å². The number of benzene rings is 7. The van der Waals surface area contributed by atoms with Crippen molar-refractivity contribution in [3.8, 4) is 33.8 Å². The van der Waals surface area contributed by atoms with Crippen LogP contribution in [0.1, 0.15) is 87.0 Å². The fourth-order valence-corrected chi connectivity index (χ4v) is 9.67. The molecule has 320 valence electrons. The summed E-state index contributed by atoms with van der Waals surface area (Å²) >= 11 is 0. The van der Waals surface area contributed by atoms with Gasteiger partial charge in [0.2, 0.25) is 0 Å². The fraction of sp³-hybridized carbons (Fsp3) is 0.172. The molecule has 6 heteroatoms. The van der Waals surface area contributed by atoms with Crippen LogP contribution in [0.3, 0.4) is 0 Å². The molecule has 0 radical (unpaired) electrons. The molecule has 2 unspecified atom stereocenters. The maximum atomic E-state index is 6.67. The normalized spacial score (nSPS) is 16.0. The van der Waals surface area contributed by atoms with E-state index in [1.165, 1.54) is 44.5 Å². The number of para-hydroxylation sites is 3. The Bertz CT molecular complexity index is 2990. The molecule has 1 aromatic heterocycles. The average Bonchev–Trinajstić information content (AvgIpc) is 3.96. The van der Waals surface area contributed by atoms with E-state index in [2.05, 4.69) is 221 Å². The van der Waals surface area contributed by atoms with E-state index in [0.29, 0.717) is 11.5 Å². The number of hydrogen-bond acceptors (Lipinski definition) is 5. The standard InChI is InChI=1S/C58H49N4O.Pt/c1-57(2,3)40-32-39(33-41(34-40)58(4,5)6)46-25-17-24-45(38-18-8-7-9-19-38)54(46)61-37-60(51-26-12-13-27-52(51)61)42-20-16-21-43(35-42)63-44-29-30-49-50(36-44)56-48-23-11-10-22-47(48)55(49)62(56)53-28-14-15-31-59-53;/h7-28,30-34,36-37,55-56H,1-6H3;/q-3;. The van der Waals surface area contributed by atoms with Crippen LogP contribution >= 0.6 is 0 Å². The van der Waals surface area contributed by atoms with Gasteiger partial charge in [-0.2, -0.15) is 12.1 Å². The summed E-state index contributed by atoms with van der Waals surface area (Å²) in [6.07, 6.45) is 1.87. The fourth-order valence-electron chi connectivity index (χ4n) is 9.67. The molecule has 7 aromatic carbocycles. The van der Waals surface area contributed by atoms with Gasteiger partial charge in [0.05, 0.1) is 6.04 Å². The third-order valence-corrected chi connectivity index (χ3v) is 12.8. The summed E-state index contributed by atoms with van der Waals surface area (Å²) in [5.41, 5.74) is 16.5. The number of ether oxygens (including phenoxy) is 1. The zero-order valence-corrected chi connectivity index (χ0v) is 39.2. The van der Waals surface area contributed by atoms with E-state index in [4.69, 9.17) is 9.72 Å². The van der Waals surface area contributed by atoms with Crippen LogP contribution < -0.4 is 19.4 Å². The molecule has 4 heterocycles. The summed E-state index contributed by atoms with van der Waals surface area (Å²) in [6, 6.07) is 65.8. The molecule has 8 aromatic rings. The molecule has 0 aliphatic carbocycles. The third kappa shape index (κ3) is 7.11. The summed E-state index contributed by atoms with van der Waals surface area (Å²) in [6.45, 7) is 16.0. The van der Waals surface area contributed by atoms with E-state index in [1.807, 2.05) is 24.4 Å². The molecule has 2 bridgehead atoms. The predicted octanol–water partition coefficient (Wildman–Crippen LogP) is 14.8. The van der Waals surface area contributed by atoms with Crippen molar-refractivity contribution in [2.75, 3.05) is 14.7 Å². The zero-order chi connectivity index (χ0) is 43.0. The van der Waals surface area contributed by atoms with Crippen molar-refractivity contribution in [1.82, 2.24) is 4.98 Å². The first-order chi connectivity index (χ1) is 30.5. The van der Waals surface area contributed by atoms with Gasteiger partial charge in [-0.25, -0.2) is 4.98 Å². The Morgan fingerprint density at radius 1 is 0.547 bits per heavy atom. The number of anilines is 5. The minimum absolute atomic E-state index is 0. The van der Waals surface area contributed by atoms with Gasteiger partial charge in [-0.1, -0.05) is 151 Å². The molecule has 3 aliphatic heterocycles. The van der Waals surface area contributed by atoms with Crippen molar-refractivity contribution in [3.05, 3.63) is 222 Å². The van der Waals surface area contributed by atoms with Crippen LogP contribution in [0.15, 0.2) is 170 Å². The van der Waals surface area contributed by atoms with Gasteiger partial charge in [-0.05, 0) is 68.5 Å². The minimum Gasteiger partial charge on any atom is -0.509 e. The van der Waals surface area contributed by atoms with Crippen molar-refractivity contribution in [2.45, 2.75) is 64.5 Å². The van der Waals surface area contributed by atoms with E-state index < -0.39 is 0 Å². The zero-order valence-electron chi connectivity index (χ0n) is 36.9. The summed E-state index contributed by atoms with van der Waals surface area (Å²) < 4.78 is 6.67. The first kappa shape index (κ1) is 41.6. The van der Waals surface area contributed by atoms with E-state index in [1.54, 1.807) is 0 Å². The largest absolute Gasteiger partial charge is 0.509 e. The molecule has 0 spiro atoms. The molecule has 0 fully saturated rings. The van der Waals surface area contributed by atoms with Crippen molar-refractivity contribution >= 4 is 28.6 Å². The second-order valence-electron chi connectivity index (χ2n) is 19.0. The maximum Gasteiger partial charge on any atom is 0.129 e. The molecule has 0 saturated heterocycles. The first-order valence-electron chi connectivity index (χ1n) is 21.9. The molecule has 0 saturated carbocycles. The molecular weight excluding hydrogens is 964 g/mol. The van der Waals surface area contributed by atoms with Gasteiger partial charge in [-0.15, -0.1) is 53.8 Å². The van der Waals surface area contributed by atoms with Gasteiger partial charge in [0.1, 0.15) is 5.82 Å². The number of aromatic nitrogens is 1. The number of fused-ring (bicyclic) bond motifs is 9. The summed E-state index contributed by atoms with van der Waals surface area (Å²) in [5, 5.41) is 0. The Kier molecular flexibility index (Phi) is 10.4. The van der Waals surface area contributed by atoms with Crippen LogP contribution in [0.25, 0.3) is 22.3 Å². The SMILES string of the molecule is CC(C)(C)c1cc(-c2cccc(-c3ccccc3)c2N2[CH-]N(c3[c-]c(Oc4[c-]cc5c(c4)C4c6ccccc6C5N4c4ccccn4)ccc3)c3ccccc32)cc(C(C)(C)C)c1.[Pt]. The van der Waals surface area contributed by atoms with Crippen LogP contribution in [0.5, 0.6) is 11.5 Å². The maximum absolute atomic E-state index is 6.67. The second-order valence-corrected chi connectivity index (χ2v) is 19.0. The Hall–Kier alpha value is -6.42. The van der Waals surface area contributed by atoms with Gasteiger partial charge in [0.25, 0.3) is 0 Å².